The first-order valence-corrected chi connectivity index (χ1v) is 17.2. The molecule has 8 aromatic rings. The molecular formula is C46H36N2. The Kier molecular flexibility index (Phi) is 5.70. The van der Waals surface area contributed by atoms with Crippen LogP contribution in [0.15, 0.2) is 146 Å². The highest BCUT2D eigenvalue weighted by Gasteiger charge is 2.35. The number of rotatable bonds is 3. The number of para-hydroxylation sites is 2. The summed E-state index contributed by atoms with van der Waals surface area (Å²) in [5, 5.41) is 5.25. The van der Waals surface area contributed by atoms with Crippen LogP contribution in [0.2, 0.25) is 0 Å². The fourth-order valence-corrected chi connectivity index (χ4v) is 8.96. The van der Waals surface area contributed by atoms with E-state index in [2.05, 4.69) is 176 Å². The van der Waals surface area contributed by atoms with Crippen LogP contribution in [0.1, 0.15) is 43.9 Å². The van der Waals surface area contributed by atoms with Crippen LogP contribution in [-0.2, 0) is 5.41 Å². The van der Waals surface area contributed by atoms with Gasteiger partial charge in [-0.2, -0.15) is 0 Å². The number of allylic oxidation sites excluding steroid dienone is 4. The lowest BCUT2D eigenvalue weighted by molar-refractivity contribution is 0.660. The average molecular weight is 617 g/mol. The van der Waals surface area contributed by atoms with E-state index in [1.54, 1.807) is 0 Å². The van der Waals surface area contributed by atoms with Gasteiger partial charge in [0.15, 0.2) is 0 Å². The normalized spacial score (nSPS) is 16.8. The van der Waals surface area contributed by atoms with E-state index in [0.717, 1.165) is 6.42 Å². The zero-order valence-corrected chi connectivity index (χ0v) is 27.5. The third kappa shape index (κ3) is 3.69. The first-order chi connectivity index (χ1) is 23.5. The Labute approximate surface area is 280 Å². The van der Waals surface area contributed by atoms with Gasteiger partial charge in [0.05, 0.1) is 22.1 Å². The summed E-state index contributed by atoms with van der Waals surface area (Å²) in [6.07, 6.45) is 5.69. The summed E-state index contributed by atoms with van der Waals surface area (Å²) < 4.78 is 5.02. The van der Waals surface area contributed by atoms with E-state index in [-0.39, 0.29) is 5.41 Å². The summed E-state index contributed by atoms with van der Waals surface area (Å²) in [5.74, 6) is 0.421. The van der Waals surface area contributed by atoms with Crippen molar-refractivity contribution in [3.63, 3.8) is 0 Å². The Morgan fingerprint density at radius 3 is 1.88 bits per heavy atom. The van der Waals surface area contributed by atoms with Gasteiger partial charge in [-0.25, -0.2) is 0 Å². The summed E-state index contributed by atoms with van der Waals surface area (Å²) >= 11 is 0. The first kappa shape index (κ1) is 27.5. The minimum Gasteiger partial charge on any atom is -0.313 e. The van der Waals surface area contributed by atoms with Crippen LogP contribution in [0.4, 0.5) is 0 Å². The molecule has 2 heteroatoms. The van der Waals surface area contributed by atoms with Gasteiger partial charge >= 0.3 is 0 Å². The molecule has 2 aliphatic carbocycles. The highest BCUT2D eigenvalue weighted by molar-refractivity contribution is 6.29. The molecule has 10 rings (SSSR count). The number of benzene rings is 6. The minimum absolute atomic E-state index is 0.0545. The van der Waals surface area contributed by atoms with Gasteiger partial charge in [-0.1, -0.05) is 124 Å². The van der Waals surface area contributed by atoms with E-state index in [0.29, 0.717) is 5.92 Å². The van der Waals surface area contributed by atoms with Crippen molar-refractivity contribution >= 4 is 54.9 Å². The Hall–Kier alpha value is -5.60. The number of hydrogen-bond acceptors (Lipinski definition) is 0. The molecule has 2 aliphatic rings. The monoisotopic (exact) mass is 616 g/mol. The molecule has 0 aliphatic heterocycles. The zero-order chi connectivity index (χ0) is 32.1. The lowest BCUT2D eigenvalue weighted by atomic mass is 9.82. The van der Waals surface area contributed by atoms with Crippen LogP contribution in [0.3, 0.4) is 0 Å². The van der Waals surface area contributed by atoms with Crippen LogP contribution >= 0.6 is 0 Å². The van der Waals surface area contributed by atoms with Gasteiger partial charge in [0, 0.05) is 38.3 Å². The SMILES string of the molecule is CC1CC(n2c3ccccc3c3c4c5ccccc5n(-c5ccc6c(c5)C(C)(C)c5ccccc5-6)c4ccc32)=CC=C1c1ccccc1. The van der Waals surface area contributed by atoms with E-state index < -0.39 is 0 Å². The largest absolute Gasteiger partial charge is 0.313 e. The molecule has 0 saturated heterocycles. The molecule has 230 valence electrons. The number of fused-ring (bicyclic) bond motifs is 10. The highest BCUT2D eigenvalue weighted by Crippen LogP contribution is 2.50. The molecular weight excluding hydrogens is 581 g/mol. The smallest absolute Gasteiger partial charge is 0.0548 e. The van der Waals surface area contributed by atoms with E-state index >= 15 is 0 Å². The van der Waals surface area contributed by atoms with Crippen molar-refractivity contribution in [1.82, 2.24) is 9.13 Å². The van der Waals surface area contributed by atoms with Gasteiger partial charge in [0.2, 0.25) is 0 Å². The molecule has 0 bridgehead atoms. The number of hydrogen-bond donors (Lipinski definition) is 0. The van der Waals surface area contributed by atoms with Crippen LogP contribution in [0, 0.1) is 5.92 Å². The second kappa shape index (κ2) is 9.95. The Balaban J connectivity index is 1.23. The first-order valence-electron chi connectivity index (χ1n) is 17.2. The summed E-state index contributed by atoms with van der Waals surface area (Å²) in [4.78, 5) is 0. The summed E-state index contributed by atoms with van der Waals surface area (Å²) in [7, 11) is 0. The van der Waals surface area contributed by atoms with Crippen LogP contribution < -0.4 is 0 Å². The molecule has 6 aromatic carbocycles. The molecule has 2 heterocycles. The Morgan fingerprint density at radius 2 is 1.15 bits per heavy atom. The second-order valence-corrected chi connectivity index (χ2v) is 14.2. The van der Waals surface area contributed by atoms with Crippen LogP contribution in [0.25, 0.3) is 71.7 Å². The molecule has 0 N–H and O–H groups in total. The quantitative estimate of drug-likeness (QED) is 0.187. The van der Waals surface area contributed by atoms with Gasteiger partial charge in [-0.15, -0.1) is 0 Å². The molecule has 1 atom stereocenters. The summed E-state index contributed by atoms with van der Waals surface area (Å²) in [5.41, 5.74) is 15.8. The topological polar surface area (TPSA) is 9.86 Å². The fourth-order valence-electron chi connectivity index (χ4n) is 8.96. The van der Waals surface area contributed by atoms with E-state index in [4.69, 9.17) is 0 Å². The van der Waals surface area contributed by atoms with Crippen molar-refractivity contribution in [2.45, 2.75) is 32.6 Å². The maximum atomic E-state index is 2.53. The van der Waals surface area contributed by atoms with E-state index in [1.807, 2.05) is 0 Å². The standard InChI is InChI=1S/C46H36N2/c1-29-27-31(21-23-33(29)30-13-5-4-6-14-30)47-40-19-11-8-16-36(40)44-42(47)25-26-43-45(44)37-17-9-12-20-41(37)48(43)32-22-24-35-34-15-7-10-18-38(34)46(2,3)39(35)28-32/h4-26,28-29H,27H2,1-3H3. The molecule has 0 fully saturated rings. The van der Waals surface area contributed by atoms with Gasteiger partial charge in [-0.3, -0.25) is 0 Å². The minimum atomic E-state index is -0.0545. The number of nitrogens with zero attached hydrogens (tertiary/aromatic N) is 2. The lowest BCUT2D eigenvalue weighted by Gasteiger charge is -2.24. The molecule has 0 saturated carbocycles. The van der Waals surface area contributed by atoms with E-state index in [9.17, 15) is 0 Å². The van der Waals surface area contributed by atoms with Crippen molar-refractivity contribution in [3.05, 3.63) is 162 Å². The molecule has 0 radical (unpaired) electrons. The van der Waals surface area contributed by atoms with Crippen molar-refractivity contribution in [2.24, 2.45) is 5.92 Å². The van der Waals surface area contributed by atoms with Gasteiger partial charge in [0.25, 0.3) is 0 Å². The van der Waals surface area contributed by atoms with Gasteiger partial charge in [-0.05, 0) is 88.2 Å². The average Bonchev–Trinajstić information content (AvgIpc) is 3.72. The maximum absolute atomic E-state index is 2.53. The van der Waals surface area contributed by atoms with E-state index in [1.165, 1.54) is 88.4 Å². The maximum Gasteiger partial charge on any atom is 0.0548 e. The summed E-state index contributed by atoms with van der Waals surface area (Å²) in [6.45, 7) is 7.09. The highest BCUT2D eigenvalue weighted by atomic mass is 15.0. The molecule has 48 heavy (non-hydrogen) atoms. The van der Waals surface area contributed by atoms with Crippen LogP contribution in [0.5, 0.6) is 0 Å². The van der Waals surface area contributed by atoms with Gasteiger partial charge < -0.3 is 9.13 Å². The molecule has 0 spiro atoms. The van der Waals surface area contributed by atoms with Gasteiger partial charge in [0.1, 0.15) is 0 Å². The van der Waals surface area contributed by atoms with Crippen molar-refractivity contribution in [2.75, 3.05) is 0 Å². The molecule has 1 unspecified atom stereocenters. The molecule has 2 nitrogen and oxygen atoms in total. The zero-order valence-electron chi connectivity index (χ0n) is 27.5. The van der Waals surface area contributed by atoms with Crippen molar-refractivity contribution in [3.8, 4) is 16.8 Å². The predicted molar refractivity (Wildman–Crippen MR) is 204 cm³/mol. The van der Waals surface area contributed by atoms with Crippen LogP contribution in [-0.4, -0.2) is 9.13 Å². The third-order valence-electron chi connectivity index (χ3n) is 11.2. The Bertz CT molecular complexity index is 2670. The third-order valence-corrected chi connectivity index (χ3v) is 11.2. The lowest BCUT2D eigenvalue weighted by Crippen LogP contribution is -2.15. The second-order valence-electron chi connectivity index (χ2n) is 14.2. The number of aromatic nitrogens is 2. The van der Waals surface area contributed by atoms with Crippen molar-refractivity contribution < 1.29 is 0 Å². The molecule has 2 aromatic heterocycles. The van der Waals surface area contributed by atoms with Crippen molar-refractivity contribution in [1.29, 1.82) is 0 Å². The fraction of sp³-hybridized carbons (Fsp3) is 0.130. The predicted octanol–water partition coefficient (Wildman–Crippen LogP) is 12.2. The Morgan fingerprint density at radius 1 is 0.542 bits per heavy atom. The summed E-state index contributed by atoms with van der Waals surface area (Å²) in [6, 6.07) is 49.5. The molecule has 0 amide bonds.